The average molecular weight is 1000 g/mol. The molecule has 2 aromatic rings. The Morgan fingerprint density at radius 1 is 0.826 bits per heavy atom. The standard InChI is InChI=1S/C31H56O12.C14H15N5O6S/c1-3-4-5-6-7-8-9-10-11-12-13-14-15-16-17-21(2)29(39)41-28-25(36)23(19-33)42-31(28,20-34)43-30-27(38)26(37)24(35)22(18-32)40-30;1-8-15-12(18-14(16-8)25-3)17-13(21)19-26(22,23)10-7-5-4-6-9(10)11(20)24-2/h10-11,21-28,30,32-38H,3-9,12-20H2,1-2H3;4-7H,1-3H3,(H2,15,16,17,18,19,21)/b11-10-;/t21?,22-,23-,24-,25-,26+,27-,28+,30-,31+;/m1./s1. The van der Waals surface area contributed by atoms with E-state index in [1.165, 1.54) is 70.8 Å². The number of rotatable bonds is 26. The van der Waals surface area contributed by atoms with Crippen molar-refractivity contribution < 1.29 is 87.0 Å². The maximum Gasteiger partial charge on any atom is 0.339 e. The Labute approximate surface area is 402 Å². The number of aromatic nitrogens is 3. The van der Waals surface area contributed by atoms with Gasteiger partial charge in [-0.25, -0.2) is 22.7 Å². The first kappa shape index (κ1) is 58.8. The molecule has 4 rings (SSSR count). The van der Waals surface area contributed by atoms with Crippen LogP contribution in [0.3, 0.4) is 0 Å². The summed E-state index contributed by atoms with van der Waals surface area (Å²) in [5.74, 6) is -4.28. The quantitative estimate of drug-likeness (QED) is 0.0369. The zero-order valence-corrected chi connectivity index (χ0v) is 40.7. The molecular weight excluding hydrogens is 931 g/mol. The van der Waals surface area contributed by atoms with Crippen molar-refractivity contribution in [2.24, 2.45) is 5.92 Å². The van der Waals surface area contributed by atoms with E-state index in [1.54, 1.807) is 11.6 Å². The Kier molecular flexibility index (Phi) is 25.3. The molecule has 2 aliphatic heterocycles. The van der Waals surface area contributed by atoms with Gasteiger partial charge in [0.1, 0.15) is 54.0 Å². The molecule has 24 heteroatoms. The number of urea groups is 1. The highest BCUT2D eigenvalue weighted by atomic mass is 32.2. The van der Waals surface area contributed by atoms with Gasteiger partial charge in [0.15, 0.2) is 12.4 Å². The van der Waals surface area contributed by atoms with E-state index < -0.39 is 113 Å². The normalized spacial score (nSPS) is 25.0. The molecule has 1 unspecified atom stereocenters. The molecule has 69 heavy (non-hydrogen) atoms. The van der Waals surface area contributed by atoms with Crippen molar-refractivity contribution in [1.82, 2.24) is 19.7 Å². The molecular formula is C45H71N5O18S. The van der Waals surface area contributed by atoms with Crippen LogP contribution in [0.5, 0.6) is 6.01 Å². The number of hydrogen-bond acceptors (Lipinski definition) is 21. The number of amides is 2. The lowest BCUT2D eigenvalue weighted by atomic mass is 9.98. The Morgan fingerprint density at radius 3 is 2.06 bits per heavy atom. The number of allylic oxidation sites excluding steroid dienone is 2. The molecule has 0 radical (unpaired) electrons. The van der Waals surface area contributed by atoms with Crippen LogP contribution in [-0.4, -0.2) is 166 Å². The maximum atomic E-state index is 13.0. The summed E-state index contributed by atoms with van der Waals surface area (Å²) < 4.78 is 58.1. The second-order valence-corrected chi connectivity index (χ2v) is 18.3. The third-order valence-corrected chi connectivity index (χ3v) is 12.7. The number of aryl methyl sites for hydroxylation is 1. The van der Waals surface area contributed by atoms with Crippen molar-refractivity contribution in [2.75, 3.05) is 39.4 Å². The fourth-order valence-corrected chi connectivity index (χ4v) is 8.47. The first-order valence-electron chi connectivity index (χ1n) is 23.1. The van der Waals surface area contributed by atoms with E-state index in [4.69, 9.17) is 23.7 Å². The summed E-state index contributed by atoms with van der Waals surface area (Å²) in [5, 5.41) is 72.8. The number of nitrogens with zero attached hydrogens (tertiary/aromatic N) is 3. The van der Waals surface area contributed by atoms with Crippen LogP contribution in [0.4, 0.5) is 10.7 Å². The van der Waals surface area contributed by atoms with Crippen molar-refractivity contribution in [2.45, 2.75) is 164 Å². The van der Waals surface area contributed by atoms with Gasteiger partial charge in [0.2, 0.25) is 11.7 Å². The second kappa shape index (κ2) is 29.7. The molecule has 3 heterocycles. The summed E-state index contributed by atoms with van der Waals surface area (Å²) in [6.45, 7) is 3.07. The monoisotopic (exact) mass is 1000 g/mol. The molecule has 1 aromatic carbocycles. The molecule has 2 fully saturated rings. The molecule has 0 saturated carbocycles. The number of benzene rings is 1. The number of aliphatic hydroxyl groups is 7. The second-order valence-electron chi connectivity index (χ2n) is 16.6. The van der Waals surface area contributed by atoms with Gasteiger partial charge in [-0.2, -0.15) is 15.0 Å². The van der Waals surface area contributed by atoms with Gasteiger partial charge in [-0.15, -0.1) is 0 Å². The Bertz CT molecular complexity index is 2030. The van der Waals surface area contributed by atoms with E-state index >= 15 is 0 Å². The van der Waals surface area contributed by atoms with Crippen LogP contribution in [0.1, 0.15) is 114 Å². The van der Waals surface area contributed by atoms with Gasteiger partial charge in [-0.3, -0.25) is 10.1 Å². The predicted molar refractivity (Wildman–Crippen MR) is 245 cm³/mol. The zero-order chi connectivity index (χ0) is 51.1. The number of aliphatic hydroxyl groups excluding tert-OH is 7. The van der Waals surface area contributed by atoms with Crippen LogP contribution in [0.15, 0.2) is 41.3 Å². The van der Waals surface area contributed by atoms with E-state index in [2.05, 4.69) is 44.1 Å². The van der Waals surface area contributed by atoms with Crippen LogP contribution < -0.4 is 14.8 Å². The Morgan fingerprint density at radius 2 is 1.45 bits per heavy atom. The van der Waals surface area contributed by atoms with E-state index in [0.717, 1.165) is 51.7 Å². The number of carbonyl (C=O) groups excluding carboxylic acids is 3. The summed E-state index contributed by atoms with van der Waals surface area (Å²) in [6, 6.07) is 4.12. The lowest BCUT2D eigenvalue weighted by Crippen LogP contribution is -2.63. The van der Waals surface area contributed by atoms with Gasteiger partial charge in [0, 0.05) is 0 Å². The lowest BCUT2D eigenvalue weighted by molar-refractivity contribution is -0.384. The molecule has 2 saturated heterocycles. The van der Waals surface area contributed by atoms with Crippen LogP contribution >= 0.6 is 0 Å². The molecule has 0 spiro atoms. The number of anilines is 1. The molecule has 9 N–H and O–H groups in total. The number of nitrogens with one attached hydrogen (secondary N) is 2. The van der Waals surface area contributed by atoms with Crippen molar-refractivity contribution in [3.05, 3.63) is 47.8 Å². The van der Waals surface area contributed by atoms with Crippen molar-refractivity contribution in [1.29, 1.82) is 0 Å². The molecule has 2 aliphatic rings. The van der Waals surface area contributed by atoms with Crippen LogP contribution in [0.25, 0.3) is 0 Å². The highest BCUT2D eigenvalue weighted by molar-refractivity contribution is 7.90. The first-order chi connectivity index (χ1) is 32.9. The van der Waals surface area contributed by atoms with E-state index in [1.807, 2.05) is 0 Å². The minimum atomic E-state index is -4.36. The van der Waals surface area contributed by atoms with Crippen LogP contribution in [-0.2, 0) is 38.5 Å². The minimum absolute atomic E-state index is 0.0494. The molecule has 0 aliphatic carbocycles. The van der Waals surface area contributed by atoms with Crippen molar-refractivity contribution in [3.63, 3.8) is 0 Å². The molecule has 1 aromatic heterocycles. The largest absolute Gasteiger partial charge is 0.467 e. The van der Waals surface area contributed by atoms with Gasteiger partial charge in [0.25, 0.3) is 10.0 Å². The summed E-state index contributed by atoms with van der Waals surface area (Å²) in [5.41, 5.74) is -0.215. The van der Waals surface area contributed by atoms with Gasteiger partial charge >= 0.3 is 24.0 Å². The van der Waals surface area contributed by atoms with E-state index in [-0.39, 0.29) is 23.3 Å². The van der Waals surface area contributed by atoms with E-state index in [0.29, 0.717) is 6.42 Å². The lowest BCUT2D eigenvalue weighted by Gasteiger charge is -2.43. The van der Waals surface area contributed by atoms with Gasteiger partial charge in [0.05, 0.1) is 38.9 Å². The molecule has 0 bridgehead atoms. The number of ether oxygens (including phenoxy) is 6. The molecule has 2 amide bonds. The third kappa shape index (κ3) is 17.7. The third-order valence-electron chi connectivity index (χ3n) is 11.3. The Balaban J connectivity index is 0.000000412. The summed E-state index contributed by atoms with van der Waals surface area (Å²) >= 11 is 0. The number of hydrogen-bond donors (Lipinski definition) is 9. The SMILES string of the molecule is CCCCCCCC/C=C\CCCCCCC(C)C(=O)O[C@H]1[C@H](O)[C@@H](CO)O[C@@]1(CO)O[C@H]1O[C@H](CO)[C@@H](O)[C@H](O)[C@H]1O.COC(=O)c1ccccc1S(=O)(=O)NC(=O)Nc1nc(C)nc(OC)n1. The number of esters is 2. The fourth-order valence-electron chi connectivity index (χ4n) is 7.37. The predicted octanol–water partition coefficient (Wildman–Crippen LogP) is 1.92. The van der Waals surface area contributed by atoms with E-state index in [9.17, 15) is 58.5 Å². The number of unbranched alkanes of at least 4 members (excludes halogenated alkanes) is 10. The maximum absolute atomic E-state index is 13.0. The average Bonchev–Trinajstić information content (AvgIpc) is 3.59. The first-order valence-corrected chi connectivity index (χ1v) is 24.6. The molecule has 390 valence electrons. The summed E-state index contributed by atoms with van der Waals surface area (Å²) in [4.78, 5) is 47.7. The van der Waals surface area contributed by atoms with Crippen molar-refractivity contribution in [3.8, 4) is 6.01 Å². The highest BCUT2D eigenvalue weighted by Gasteiger charge is 2.61. The van der Waals surface area contributed by atoms with Gasteiger partial charge in [-0.1, -0.05) is 89.5 Å². The topological polar surface area (TPSA) is 345 Å². The van der Waals surface area contributed by atoms with Crippen molar-refractivity contribution >= 4 is 33.9 Å². The molecule has 10 atom stereocenters. The molecule has 23 nitrogen and oxygen atoms in total. The van der Waals surface area contributed by atoms with Gasteiger partial charge in [-0.05, 0) is 51.2 Å². The fraction of sp³-hybridized carbons (Fsp3) is 0.689. The number of methoxy groups -OCH3 is 2. The summed E-state index contributed by atoms with van der Waals surface area (Å²) in [6.07, 6.45) is 6.11. The Hall–Kier alpha value is -4.47. The zero-order valence-electron chi connectivity index (χ0n) is 39.8. The number of carbonyl (C=O) groups is 3. The van der Waals surface area contributed by atoms with Crippen LogP contribution in [0, 0.1) is 12.8 Å². The minimum Gasteiger partial charge on any atom is -0.467 e. The van der Waals surface area contributed by atoms with Gasteiger partial charge < -0.3 is 64.2 Å². The smallest absolute Gasteiger partial charge is 0.339 e. The highest BCUT2D eigenvalue weighted by Crippen LogP contribution is 2.38. The number of sulfonamides is 1. The van der Waals surface area contributed by atoms with Crippen LogP contribution in [0.2, 0.25) is 0 Å². The summed E-state index contributed by atoms with van der Waals surface area (Å²) in [7, 11) is -1.92.